The Morgan fingerprint density at radius 3 is 2.36 bits per heavy atom. The number of alkyl halides is 1. The fourth-order valence-electron chi connectivity index (χ4n) is 7.24. The summed E-state index contributed by atoms with van der Waals surface area (Å²) in [6.45, 7) is 12.2. The molecule has 0 aliphatic carbocycles. The zero-order valence-corrected chi connectivity index (χ0v) is 25.7. The van der Waals surface area contributed by atoms with E-state index in [2.05, 4.69) is 29.1 Å². The van der Waals surface area contributed by atoms with Crippen molar-refractivity contribution in [2.24, 2.45) is 11.8 Å². The van der Waals surface area contributed by atoms with Crippen LogP contribution in [0, 0.1) is 25.7 Å². The molecule has 3 aliphatic rings. The highest BCUT2D eigenvalue weighted by Gasteiger charge is 2.76. The minimum absolute atomic E-state index is 0.0373. The van der Waals surface area contributed by atoms with Crippen LogP contribution in [-0.2, 0) is 25.7 Å². The number of anilines is 1. The number of carbonyl (C=O) groups excluding carboxylic acids is 3. The van der Waals surface area contributed by atoms with Gasteiger partial charge in [-0.15, -0.1) is 13.2 Å². The van der Waals surface area contributed by atoms with Gasteiger partial charge in [0.1, 0.15) is 11.6 Å². The number of fused-ring (bicyclic) bond motifs is 1. The molecule has 0 saturated carbocycles. The molecule has 1 N–H and O–H groups in total. The Kier molecular flexibility index (Phi) is 8.73. The monoisotopic (exact) mass is 635 g/mol. The Hall–Kier alpha value is -3.27. The molecule has 3 unspecified atom stereocenters. The molecule has 3 fully saturated rings. The third-order valence-corrected chi connectivity index (χ3v) is 9.66. The normalized spacial score (nSPS) is 27.6. The molecule has 0 aromatic heterocycles. The van der Waals surface area contributed by atoms with Gasteiger partial charge in [-0.1, -0.05) is 76.6 Å². The van der Waals surface area contributed by atoms with Gasteiger partial charge in [-0.25, -0.2) is 0 Å². The first kappa shape index (κ1) is 30.2. The zero-order chi connectivity index (χ0) is 30.2. The Bertz CT molecular complexity index is 1360. The number of rotatable bonds is 11. The van der Waals surface area contributed by atoms with E-state index in [1.165, 1.54) is 4.90 Å². The number of carbonyl (C=O) groups is 3. The number of halogens is 1. The fourth-order valence-corrected chi connectivity index (χ4v) is 8.18. The van der Waals surface area contributed by atoms with Gasteiger partial charge in [0.05, 0.1) is 24.5 Å². The van der Waals surface area contributed by atoms with E-state index < -0.39 is 29.6 Å². The molecule has 3 heterocycles. The molecule has 2 bridgehead atoms. The summed E-state index contributed by atoms with van der Waals surface area (Å²) in [5.74, 6) is -2.48. The molecule has 8 nitrogen and oxygen atoms in total. The van der Waals surface area contributed by atoms with Crippen molar-refractivity contribution >= 4 is 39.3 Å². The molecular weight excluding hydrogens is 598 g/mol. The van der Waals surface area contributed by atoms with Crippen molar-refractivity contribution in [1.82, 2.24) is 9.80 Å². The number of aliphatic hydroxyl groups excluding tert-OH is 1. The third-order valence-electron chi connectivity index (χ3n) is 8.81. The molecule has 1 spiro atoms. The predicted molar refractivity (Wildman–Crippen MR) is 165 cm³/mol. The summed E-state index contributed by atoms with van der Waals surface area (Å²) < 4.78 is 6.68. The molecule has 0 radical (unpaired) electrons. The number of aliphatic hydroxyl groups is 1. The second-order valence-corrected chi connectivity index (χ2v) is 12.6. The topological polar surface area (TPSA) is 90.4 Å². The van der Waals surface area contributed by atoms with Crippen molar-refractivity contribution in [3.05, 3.63) is 90.5 Å². The molecule has 5 rings (SSSR count). The lowest BCUT2D eigenvalue weighted by Gasteiger charge is -2.38. The highest BCUT2D eigenvalue weighted by atomic mass is 79.9. The first-order valence-corrected chi connectivity index (χ1v) is 15.3. The van der Waals surface area contributed by atoms with Gasteiger partial charge in [-0.3, -0.25) is 14.4 Å². The SMILES string of the molecule is C=CCN(Cc1ccccc1)C(=O)[C@H]1[C@H]2C(=O)N(CCO)C(C(=O)N(CC=C)c3c(C)cccc3C)C23CC(Br)[C@@H]1O3. The molecule has 2 aromatic carbocycles. The minimum atomic E-state index is -1.22. The van der Waals surface area contributed by atoms with Gasteiger partial charge in [-0.2, -0.15) is 0 Å². The molecule has 3 saturated heterocycles. The van der Waals surface area contributed by atoms with Crippen LogP contribution >= 0.6 is 15.9 Å². The number of hydrogen-bond donors (Lipinski definition) is 1. The number of ether oxygens (including phenoxy) is 1. The zero-order valence-electron chi connectivity index (χ0n) is 24.1. The number of β-amino-alcohol motifs (C(OH)–C–C–N with tert-alkyl or cyclic N) is 1. The Balaban J connectivity index is 1.56. The van der Waals surface area contributed by atoms with E-state index in [0.717, 1.165) is 22.4 Å². The van der Waals surface area contributed by atoms with Gasteiger partial charge < -0.3 is 24.5 Å². The maximum Gasteiger partial charge on any atom is 0.253 e. The molecule has 222 valence electrons. The summed E-state index contributed by atoms with van der Waals surface area (Å²) in [4.78, 5) is 47.7. The molecule has 6 atom stereocenters. The summed E-state index contributed by atoms with van der Waals surface area (Å²) in [5.41, 5.74) is 2.34. The summed E-state index contributed by atoms with van der Waals surface area (Å²) in [6.07, 6.45) is 3.16. The number of hydrogen-bond acceptors (Lipinski definition) is 5. The van der Waals surface area contributed by atoms with Gasteiger partial charge in [0, 0.05) is 36.7 Å². The second kappa shape index (κ2) is 12.1. The Labute approximate surface area is 255 Å². The van der Waals surface area contributed by atoms with Crippen LogP contribution in [-0.4, -0.2) is 81.4 Å². The molecule has 42 heavy (non-hydrogen) atoms. The number of nitrogens with zero attached hydrogens (tertiary/aromatic N) is 3. The highest BCUT2D eigenvalue weighted by Crippen LogP contribution is 2.60. The van der Waals surface area contributed by atoms with Crippen LogP contribution in [0.1, 0.15) is 23.1 Å². The van der Waals surface area contributed by atoms with Crippen molar-refractivity contribution in [3.63, 3.8) is 0 Å². The summed E-state index contributed by atoms with van der Waals surface area (Å²) in [5, 5.41) is 10.00. The van der Waals surface area contributed by atoms with E-state index in [1.807, 2.05) is 62.4 Å². The first-order valence-electron chi connectivity index (χ1n) is 14.4. The summed E-state index contributed by atoms with van der Waals surface area (Å²) in [7, 11) is 0. The van der Waals surface area contributed by atoms with Crippen LogP contribution in [0.2, 0.25) is 0 Å². The summed E-state index contributed by atoms with van der Waals surface area (Å²) >= 11 is 3.75. The van der Waals surface area contributed by atoms with Crippen molar-refractivity contribution < 1.29 is 24.2 Å². The van der Waals surface area contributed by atoms with E-state index >= 15 is 0 Å². The minimum Gasteiger partial charge on any atom is -0.395 e. The Morgan fingerprint density at radius 2 is 1.74 bits per heavy atom. The van der Waals surface area contributed by atoms with Crippen molar-refractivity contribution in [2.45, 2.75) is 49.4 Å². The largest absolute Gasteiger partial charge is 0.395 e. The first-order chi connectivity index (χ1) is 20.2. The number of likely N-dealkylation sites (tertiary alicyclic amines) is 1. The van der Waals surface area contributed by atoms with Crippen molar-refractivity contribution in [1.29, 1.82) is 0 Å². The van der Waals surface area contributed by atoms with Crippen LogP contribution in [0.5, 0.6) is 0 Å². The lowest BCUT2D eigenvalue weighted by Crippen LogP contribution is -2.57. The van der Waals surface area contributed by atoms with Crippen LogP contribution in [0.15, 0.2) is 73.8 Å². The van der Waals surface area contributed by atoms with E-state index in [-0.39, 0.29) is 42.2 Å². The summed E-state index contributed by atoms with van der Waals surface area (Å²) in [6, 6.07) is 14.5. The molecule has 9 heteroatoms. The second-order valence-electron chi connectivity index (χ2n) is 11.4. The maximum atomic E-state index is 14.7. The standard InChI is InChI=1S/C33H38BrN3O5/c1-5-15-35(20-23-13-8-7-9-14-23)30(39)25-26-31(40)37(17-18-38)29(33(26)19-24(34)28(25)42-33)32(41)36(16-6-2)27-21(3)11-10-12-22(27)4/h5-14,24-26,28-29,38H,1-2,15-20H2,3-4H3/t24?,25-,26-,28-,29?,33?/m0/s1. The van der Waals surface area contributed by atoms with E-state index in [1.54, 1.807) is 22.0 Å². The van der Waals surface area contributed by atoms with E-state index in [9.17, 15) is 19.5 Å². The lowest BCUT2D eigenvalue weighted by atomic mass is 9.70. The van der Waals surface area contributed by atoms with Gasteiger partial charge in [0.15, 0.2) is 0 Å². The van der Waals surface area contributed by atoms with Gasteiger partial charge in [0.2, 0.25) is 11.8 Å². The number of aryl methyl sites for hydroxylation is 2. The van der Waals surface area contributed by atoms with Gasteiger partial charge >= 0.3 is 0 Å². The molecule has 2 aromatic rings. The van der Waals surface area contributed by atoms with E-state index in [4.69, 9.17) is 4.74 Å². The fraction of sp³-hybridized carbons (Fsp3) is 0.424. The quantitative estimate of drug-likeness (QED) is 0.300. The van der Waals surface area contributed by atoms with Crippen LogP contribution < -0.4 is 4.90 Å². The van der Waals surface area contributed by atoms with Gasteiger partial charge in [0.25, 0.3) is 5.91 Å². The van der Waals surface area contributed by atoms with Crippen LogP contribution in [0.3, 0.4) is 0 Å². The molecular formula is C33H38BrN3O5. The van der Waals surface area contributed by atoms with Crippen molar-refractivity contribution in [2.75, 3.05) is 31.1 Å². The van der Waals surface area contributed by atoms with Crippen LogP contribution in [0.4, 0.5) is 5.69 Å². The number of para-hydroxylation sites is 1. The maximum absolute atomic E-state index is 14.7. The number of benzene rings is 2. The van der Waals surface area contributed by atoms with Crippen molar-refractivity contribution in [3.8, 4) is 0 Å². The van der Waals surface area contributed by atoms with Gasteiger partial charge in [-0.05, 0) is 37.0 Å². The molecule has 3 amide bonds. The van der Waals surface area contributed by atoms with E-state index in [0.29, 0.717) is 19.5 Å². The smallest absolute Gasteiger partial charge is 0.253 e. The Morgan fingerprint density at radius 1 is 1.07 bits per heavy atom. The average Bonchev–Trinajstić information content (AvgIpc) is 3.55. The van der Waals surface area contributed by atoms with Crippen LogP contribution in [0.25, 0.3) is 0 Å². The highest BCUT2D eigenvalue weighted by molar-refractivity contribution is 9.09. The average molecular weight is 637 g/mol. The lowest BCUT2D eigenvalue weighted by molar-refractivity contribution is -0.145. The number of amides is 3. The molecule has 3 aliphatic heterocycles. The third kappa shape index (κ3) is 4.91. The predicted octanol–water partition coefficient (Wildman–Crippen LogP) is 3.78.